The molecular weight excluding hydrogens is 312 g/mol. The number of aryl methyl sites for hydroxylation is 1. The summed E-state index contributed by atoms with van der Waals surface area (Å²) < 4.78 is 0. The second-order valence-corrected chi connectivity index (χ2v) is 6.58. The molecular formula is C20H26N4O. The number of anilines is 2. The summed E-state index contributed by atoms with van der Waals surface area (Å²) in [6.45, 7) is 8.67. The van der Waals surface area contributed by atoms with E-state index in [2.05, 4.69) is 21.8 Å². The molecule has 5 heteroatoms. The van der Waals surface area contributed by atoms with Crippen molar-refractivity contribution in [2.75, 3.05) is 49.6 Å². The number of piperazine rings is 1. The summed E-state index contributed by atoms with van der Waals surface area (Å²) in [5.41, 5.74) is 3.63. The van der Waals surface area contributed by atoms with Crippen molar-refractivity contribution in [1.29, 1.82) is 0 Å². The zero-order chi connectivity index (χ0) is 17.8. The molecule has 0 unspecified atom stereocenters. The number of nitrogens with zero attached hydrogens (tertiary/aromatic N) is 4. The number of hydrogen-bond donors (Lipinski definition) is 0. The lowest BCUT2D eigenvalue weighted by Crippen LogP contribution is -2.44. The van der Waals surface area contributed by atoms with E-state index in [0.717, 1.165) is 43.1 Å². The van der Waals surface area contributed by atoms with Gasteiger partial charge < -0.3 is 14.7 Å². The van der Waals surface area contributed by atoms with Crippen LogP contribution < -0.4 is 9.80 Å². The van der Waals surface area contributed by atoms with Crippen LogP contribution in [0, 0.1) is 6.92 Å². The molecule has 0 saturated carbocycles. The van der Waals surface area contributed by atoms with Crippen LogP contribution in [0.15, 0.2) is 42.6 Å². The number of aromatic nitrogens is 1. The van der Waals surface area contributed by atoms with Gasteiger partial charge in [0.05, 0.1) is 0 Å². The third-order valence-corrected chi connectivity index (χ3v) is 4.71. The number of amides is 1. The molecule has 3 rings (SSSR count). The van der Waals surface area contributed by atoms with Crippen molar-refractivity contribution in [3.8, 4) is 0 Å². The number of benzene rings is 1. The van der Waals surface area contributed by atoms with Gasteiger partial charge in [0.25, 0.3) is 5.91 Å². The van der Waals surface area contributed by atoms with Crippen LogP contribution in [0.2, 0.25) is 0 Å². The smallest absolute Gasteiger partial charge is 0.276 e. The van der Waals surface area contributed by atoms with Crippen molar-refractivity contribution in [2.45, 2.75) is 13.8 Å². The molecule has 0 bridgehead atoms. The van der Waals surface area contributed by atoms with Crippen molar-refractivity contribution in [2.24, 2.45) is 0 Å². The SMILES string of the molecule is CCN(C(=O)c1cc(N2CCN(C)CC2)ccn1)c1cccc(C)c1. The Morgan fingerprint density at radius 1 is 1.16 bits per heavy atom. The first-order valence-corrected chi connectivity index (χ1v) is 8.86. The maximum absolute atomic E-state index is 13.0. The molecule has 0 aliphatic carbocycles. The zero-order valence-corrected chi connectivity index (χ0v) is 15.3. The minimum Gasteiger partial charge on any atom is -0.369 e. The minimum atomic E-state index is -0.0518. The summed E-state index contributed by atoms with van der Waals surface area (Å²) in [5.74, 6) is -0.0518. The van der Waals surface area contributed by atoms with Crippen LogP contribution in [0.3, 0.4) is 0 Å². The van der Waals surface area contributed by atoms with E-state index in [9.17, 15) is 4.79 Å². The van der Waals surface area contributed by atoms with Gasteiger partial charge in [0, 0.05) is 50.3 Å². The highest BCUT2D eigenvalue weighted by Crippen LogP contribution is 2.21. The van der Waals surface area contributed by atoms with E-state index in [1.54, 1.807) is 11.1 Å². The highest BCUT2D eigenvalue weighted by Gasteiger charge is 2.20. The second-order valence-electron chi connectivity index (χ2n) is 6.58. The topological polar surface area (TPSA) is 39.7 Å². The predicted octanol–water partition coefficient (Wildman–Crippen LogP) is 2.81. The molecule has 1 amide bonds. The van der Waals surface area contributed by atoms with Crippen LogP contribution in [-0.2, 0) is 0 Å². The van der Waals surface area contributed by atoms with Gasteiger partial charge in [-0.15, -0.1) is 0 Å². The molecule has 1 aromatic heterocycles. The lowest BCUT2D eigenvalue weighted by Gasteiger charge is -2.34. The Bertz CT molecular complexity index is 738. The average molecular weight is 338 g/mol. The quantitative estimate of drug-likeness (QED) is 0.859. The van der Waals surface area contributed by atoms with Gasteiger partial charge >= 0.3 is 0 Å². The number of rotatable bonds is 4. The third-order valence-electron chi connectivity index (χ3n) is 4.71. The predicted molar refractivity (Wildman–Crippen MR) is 102 cm³/mol. The van der Waals surface area contributed by atoms with Crippen molar-refractivity contribution in [3.63, 3.8) is 0 Å². The third kappa shape index (κ3) is 3.99. The molecule has 0 atom stereocenters. The summed E-state index contributed by atoms with van der Waals surface area (Å²) >= 11 is 0. The lowest BCUT2D eigenvalue weighted by molar-refractivity contribution is 0.0983. The fourth-order valence-electron chi connectivity index (χ4n) is 3.18. The van der Waals surface area contributed by atoms with Gasteiger partial charge in [-0.05, 0) is 50.7 Å². The molecule has 132 valence electrons. The number of hydrogen-bond acceptors (Lipinski definition) is 4. The first-order valence-electron chi connectivity index (χ1n) is 8.86. The van der Waals surface area contributed by atoms with Crippen LogP contribution >= 0.6 is 0 Å². The Morgan fingerprint density at radius 2 is 1.92 bits per heavy atom. The van der Waals surface area contributed by atoms with Crippen molar-refractivity contribution in [3.05, 3.63) is 53.9 Å². The van der Waals surface area contributed by atoms with Crippen LogP contribution in [0.1, 0.15) is 23.0 Å². The van der Waals surface area contributed by atoms with Crippen LogP contribution in [0.25, 0.3) is 0 Å². The van der Waals surface area contributed by atoms with E-state index >= 15 is 0 Å². The average Bonchev–Trinajstić information content (AvgIpc) is 2.63. The number of carbonyl (C=O) groups excluding carboxylic acids is 1. The highest BCUT2D eigenvalue weighted by molar-refractivity contribution is 6.05. The number of pyridine rings is 1. The normalized spacial score (nSPS) is 15.2. The molecule has 1 aromatic carbocycles. The van der Waals surface area contributed by atoms with Gasteiger partial charge in [-0.3, -0.25) is 9.78 Å². The van der Waals surface area contributed by atoms with Crippen molar-refractivity contribution >= 4 is 17.3 Å². The van der Waals surface area contributed by atoms with Gasteiger partial charge in [-0.2, -0.15) is 0 Å². The maximum Gasteiger partial charge on any atom is 0.276 e. The standard InChI is InChI=1S/C20H26N4O/c1-4-24(18-7-5-6-16(2)14-18)20(25)19-15-17(8-9-21-19)23-12-10-22(3)11-13-23/h5-9,14-15H,4,10-13H2,1-3H3. The van der Waals surface area contributed by atoms with E-state index in [1.165, 1.54) is 0 Å². The van der Waals surface area contributed by atoms with E-state index in [1.807, 2.05) is 50.2 Å². The fraction of sp³-hybridized carbons (Fsp3) is 0.400. The van der Waals surface area contributed by atoms with Gasteiger partial charge in [0.15, 0.2) is 0 Å². The van der Waals surface area contributed by atoms with Crippen LogP contribution in [-0.4, -0.2) is 55.6 Å². The summed E-state index contributed by atoms with van der Waals surface area (Å²) in [5, 5.41) is 0. The summed E-state index contributed by atoms with van der Waals surface area (Å²) in [6, 6.07) is 11.9. The molecule has 1 fully saturated rings. The molecule has 1 saturated heterocycles. The van der Waals surface area contributed by atoms with E-state index in [0.29, 0.717) is 12.2 Å². The highest BCUT2D eigenvalue weighted by atomic mass is 16.2. The molecule has 2 aromatic rings. The first-order chi connectivity index (χ1) is 12.1. The van der Waals surface area contributed by atoms with Crippen molar-refractivity contribution < 1.29 is 4.79 Å². The maximum atomic E-state index is 13.0. The van der Waals surface area contributed by atoms with Crippen LogP contribution in [0.5, 0.6) is 0 Å². The number of carbonyl (C=O) groups is 1. The Labute approximate surface area is 149 Å². The van der Waals surface area contributed by atoms with Gasteiger partial charge in [0.1, 0.15) is 5.69 Å². The zero-order valence-electron chi connectivity index (χ0n) is 15.3. The van der Waals surface area contributed by atoms with Gasteiger partial charge in [-0.25, -0.2) is 0 Å². The molecule has 0 radical (unpaired) electrons. The largest absolute Gasteiger partial charge is 0.369 e. The van der Waals surface area contributed by atoms with Crippen LogP contribution in [0.4, 0.5) is 11.4 Å². The van der Waals surface area contributed by atoms with Crippen molar-refractivity contribution in [1.82, 2.24) is 9.88 Å². The number of likely N-dealkylation sites (N-methyl/N-ethyl adjacent to an activating group) is 1. The van der Waals surface area contributed by atoms with E-state index in [4.69, 9.17) is 0 Å². The molecule has 5 nitrogen and oxygen atoms in total. The second kappa shape index (κ2) is 7.66. The summed E-state index contributed by atoms with van der Waals surface area (Å²) in [7, 11) is 2.14. The monoisotopic (exact) mass is 338 g/mol. The Kier molecular flexibility index (Phi) is 5.34. The molecule has 0 N–H and O–H groups in total. The van der Waals surface area contributed by atoms with E-state index in [-0.39, 0.29) is 5.91 Å². The fourth-order valence-corrected chi connectivity index (χ4v) is 3.18. The summed E-state index contributed by atoms with van der Waals surface area (Å²) in [4.78, 5) is 23.8. The minimum absolute atomic E-state index is 0.0518. The van der Waals surface area contributed by atoms with E-state index < -0.39 is 0 Å². The Hall–Kier alpha value is -2.40. The molecule has 2 heterocycles. The molecule has 1 aliphatic rings. The lowest BCUT2D eigenvalue weighted by atomic mass is 10.2. The summed E-state index contributed by atoms with van der Waals surface area (Å²) in [6.07, 6.45) is 1.74. The molecule has 25 heavy (non-hydrogen) atoms. The van der Waals surface area contributed by atoms with Gasteiger partial charge in [0.2, 0.25) is 0 Å². The Balaban J connectivity index is 1.83. The first kappa shape index (κ1) is 17.4. The molecule has 1 aliphatic heterocycles. The Morgan fingerprint density at radius 3 is 2.60 bits per heavy atom. The van der Waals surface area contributed by atoms with Gasteiger partial charge in [-0.1, -0.05) is 12.1 Å². The molecule has 0 spiro atoms.